The number of nitrogens with zero attached hydrogens (tertiary/aromatic N) is 1. The summed E-state index contributed by atoms with van der Waals surface area (Å²) in [5, 5.41) is 0. The predicted octanol–water partition coefficient (Wildman–Crippen LogP) is 2.44. The molecule has 0 aliphatic carbocycles. The van der Waals surface area contributed by atoms with Gasteiger partial charge in [0.25, 0.3) is 0 Å². The molecule has 0 radical (unpaired) electrons. The quantitative estimate of drug-likeness (QED) is 0.701. The number of aromatic nitrogens is 1. The molecule has 1 rings (SSSR count). The third-order valence-electron chi connectivity index (χ3n) is 2.26. The van der Waals surface area contributed by atoms with Gasteiger partial charge in [-0.1, -0.05) is 26.2 Å². The third-order valence-corrected chi connectivity index (χ3v) is 4.05. The van der Waals surface area contributed by atoms with E-state index in [4.69, 9.17) is 0 Å². The largest absolute Gasteiger partial charge is 0.263 e. The van der Waals surface area contributed by atoms with Crippen molar-refractivity contribution in [3.63, 3.8) is 0 Å². The van der Waals surface area contributed by atoms with E-state index < -0.39 is 9.84 Å². The van der Waals surface area contributed by atoms with Gasteiger partial charge in [0.2, 0.25) is 0 Å². The molecule has 0 spiro atoms. The molecule has 0 atom stereocenters. The highest BCUT2D eigenvalue weighted by Gasteiger charge is 2.13. The smallest absolute Gasteiger partial charge is 0.179 e. The molecular weight excluding hydrogens is 210 g/mol. The lowest BCUT2D eigenvalue weighted by Crippen LogP contribution is -2.06. The van der Waals surface area contributed by atoms with Crippen LogP contribution < -0.4 is 0 Å². The molecule has 0 saturated carbocycles. The van der Waals surface area contributed by atoms with E-state index >= 15 is 0 Å². The first-order valence-corrected chi connectivity index (χ1v) is 6.95. The molecule has 0 aliphatic heterocycles. The molecule has 1 heterocycles. The number of unbranched alkanes of at least 4 members (excludes halogenated alkanes) is 3. The number of rotatable bonds is 6. The first-order valence-electron chi connectivity index (χ1n) is 5.29. The van der Waals surface area contributed by atoms with Crippen molar-refractivity contribution in [1.82, 2.24) is 4.98 Å². The van der Waals surface area contributed by atoms with E-state index in [2.05, 4.69) is 11.9 Å². The van der Waals surface area contributed by atoms with Crippen molar-refractivity contribution in [2.75, 3.05) is 5.75 Å². The molecule has 0 aromatic carbocycles. The Bertz CT molecular complexity index is 373. The molecule has 4 heteroatoms. The van der Waals surface area contributed by atoms with E-state index in [0.717, 1.165) is 25.7 Å². The highest BCUT2D eigenvalue weighted by Crippen LogP contribution is 2.11. The van der Waals surface area contributed by atoms with E-state index in [1.807, 2.05) is 0 Å². The summed E-state index contributed by atoms with van der Waals surface area (Å²) in [7, 11) is -3.10. The summed E-state index contributed by atoms with van der Waals surface area (Å²) in [6, 6.07) is 3.25. The zero-order valence-corrected chi connectivity index (χ0v) is 9.83. The average Bonchev–Trinajstić information content (AvgIpc) is 2.26. The van der Waals surface area contributed by atoms with E-state index in [-0.39, 0.29) is 5.75 Å². The van der Waals surface area contributed by atoms with Crippen LogP contribution in [0.4, 0.5) is 0 Å². The Kier molecular flexibility index (Phi) is 4.75. The molecule has 0 amide bonds. The van der Waals surface area contributed by atoms with Crippen LogP contribution >= 0.6 is 0 Å². The summed E-state index contributed by atoms with van der Waals surface area (Å²) in [5.41, 5.74) is 0. The maximum Gasteiger partial charge on any atom is 0.179 e. The summed E-state index contributed by atoms with van der Waals surface area (Å²) in [5.74, 6) is 0.235. The summed E-state index contributed by atoms with van der Waals surface area (Å²) >= 11 is 0. The fraction of sp³-hybridized carbons (Fsp3) is 0.545. The summed E-state index contributed by atoms with van der Waals surface area (Å²) in [4.78, 5) is 4.15. The molecule has 1 aromatic rings. The van der Waals surface area contributed by atoms with Crippen LogP contribution in [0.1, 0.15) is 32.6 Å². The molecule has 0 unspecified atom stereocenters. The molecular formula is C11H17NO2S. The first-order chi connectivity index (χ1) is 7.17. The van der Waals surface area contributed by atoms with Crippen molar-refractivity contribution in [3.05, 3.63) is 24.5 Å². The number of sulfone groups is 1. The fourth-order valence-corrected chi connectivity index (χ4v) is 2.69. The highest BCUT2D eigenvalue weighted by atomic mass is 32.2. The van der Waals surface area contributed by atoms with Crippen LogP contribution in [-0.2, 0) is 9.84 Å². The van der Waals surface area contributed by atoms with Crippen LogP contribution in [-0.4, -0.2) is 19.2 Å². The molecule has 0 aliphatic rings. The van der Waals surface area contributed by atoms with E-state index in [9.17, 15) is 8.42 Å². The Labute approximate surface area is 91.5 Å². The number of hydrogen-bond acceptors (Lipinski definition) is 3. The van der Waals surface area contributed by atoms with Crippen molar-refractivity contribution in [1.29, 1.82) is 0 Å². The van der Waals surface area contributed by atoms with Gasteiger partial charge in [-0.25, -0.2) is 8.42 Å². The first kappa shape index (κ1) is 12.2. The standard InChI is InChI=1S/C11H17NO2S/c1-2-3-4-5-9-15(13,14)11-7-6-8-12-10-11/h6-8,10H,2-5,9H2,1H3. The molecule has 1 aromatic heterocycles. The lowest BCUT2D eigenvalue weighted by molar-refractivity contribution is 0.588. The Hall–Kier alpha value is -0.900. The second kappa shape index (κ2) is 5.85. The van der Waals surface area contributed by atoms with Crippen molar-refractivity contribution >= 4 is 9.84 Å². The van der Waals surface area contributed by atoms with E-state index in [1.54, 1.807) is 18.3 Å². The van der Waals surface area contributed by atoms with Crippen LogP contribution in [0.25, 0.3) is 0 Å². The normalized spacial score (nSPS) is 11.5. The summed E-state index contributed by atoms with van der Waals surface area (Å²) in [6.45, 7) is 2.11. The van der Waals surface area contributed by atoms with Gasteiger partial charge in [-0.15, -0.1) is 0 Å². The van der Waals surface area contributed by atoms with Gasteiger partial charge in [-0.3, -0.25) is 4.98 Å². The van der Waals surface area contributed by atoms with Crippen LogP contribution in [0.3, 0.4) is 0 Å². The maximum absolute atomic E-state index is 11.8. The van der Waals surface area contributed by atoms with Gasteiger partial charge in [-0.05, 0) is 18.6 Å². The highest BCUT2D eigenvalue weighted by molar-refractivity contribution is 7.91. The molecule has 0 saturated heterocycles. The number of hydrogen-bond donors (Lipinski definition) is 0. The zero-order chi connectivity index (χ0) is 11.1. The van der Waals surface area contributed by atoms with Crippen LogP contribution in [0.2, 0.25) is 0 Å². The summed E-state index contributed by atoms with van der Waals surface area (Å²) in [6.07, 6.45) is 6.93. The molecule has 3 nitrogen and oxygen atoms in total. The van der Waals surface area contributed by atoms with Gasteiger partial charge in [-0.2, -0.15) is 0 Å². The number of pyridine rings is 1. The van der Waals surface area contributed by atoms with Gasteiger partial charge in [0, 0.05) is 12.4 Å². The molecule has 15 heavy (non-hydrogen) atoms. The summed E-state index contributed by atoms with van der Waals surface area (Å²) < 4.78 is 23.5. The second-order valence-electron chi connectivity index (χ2n) is 3.57. The van der Waals surface area contributed by atoms with Gasteiger partial charge in [0.1, 0.15) is 0 Å². The molecule has 0 N–H and O–H groups in total. The predicted molar refractivity (Wildman–Crippen MR) is 60.4 cm³/mol. The second-order valence-corrected chi connectivity index (χ2v) is 5.68. The average molecular weight is 227 g/mol. The minimum Gasteiger partial charge on any atom is -0.263 e. The van der Waals surface area contributed by atoms with Gasteiger partial charge in [0.15, 0.2) is 9.84 Å². The third kappa shape index (κ3) is 4.00. The monoisotopic (exact) mass is 227 g/mol. The molecule has 0 bridgehead atoms. The minimum atomic E-state index is -3.10. The van der Waals surface area contributed by atoms with Crippen molar-refractivity contribution in [2.24, 2.45) is 0 Å². The Morgan fingerprint density at radius 1 is 1.27 bits per heavy atom. The van der Waals surface area contributed by atoms with Crippen molar-refractivity contribution < 1.29 is 8.42 Å². The van der Waals surface area contributed by atoms with Crippen LogP contribution in [0.5, 0.6) is 0 Å². The van der Waals surface area contributed by atoms with Gasteiger partial charge in [0.05, 0.1) is 10.6 Å². The van der Waals surface area contributed by atoms with Gasteiger partial charge >= 0.3 is 0 Å². The van der Waals surface area contributed by atoms with Crippen LogP contribution in [0, 0.1) is 0 Å². The van der Waals surface area contributed by atoms with Gasteiger partial charge < -0.3 is 0 Å². The van der Waals surface area contributed by atoms with Crippen LogP contribution in [0.15, 0.2) is 29.4 Å². The maximum atomic E-state index is 11.8. The Balaban J connectivity index is 2.53. The van der Waals surface area contributed by atoms with E-state index in [1.165, 1.54) is 6.20 Å². The lowest BCUT2D eigenvalue weighted by atomic mass is 10.2. The van der Waals surface area contributed by atoms with Crippen molar-refractivity contribution in [3.8, 4) is 0 Å². The fourth-order valence-electron chi connectivity index (χ4n) is 1.37. The molecule has 84 valence electrons. The van der Waals surface area contributed by atoms with Crippen molar-refractivity contribution in [2.45, 2.75) is 37.5 Å². The lowest BCUT2D eigenvalue weighted by Gasteiger charge is -2.02. The molecule has 0 fully saturated rings. The minimum absolute atomic E-state index is 0.235. The van der Waals surface area contributed by atoms with E-state index in [0.29, 0.717) is 4.90 Å². The Morgan fingerprint density at radius 2 is 2.07 bits per heavy atom. The topological polar surface area (TPSA) is 47.0 Å². The SMILES string of the molecule is CCCCCCS(=O)(=O)c1cccnc1. The zero-order valence-electron chi connectivity index (χ0n) is 9.02. The Morgan fingerprint density at radius 3 is 2.67 bits per heavy atom.